The molecular weight excluding hydrogens is 321 g/mol. The second-order valence-electron chi connectivity index (χ2n) is 5.53. The molecule has 126 valence electrons. The minimum absolute atomic E-state index is 0.00607. The minimum atomic E-state index is -0.522. The van der Waals surface area contributed by atoms with Crippen LogP contribution in [0, 0.1) is 5.82 Å². The first-order valence-corrected chi connectivity index (χ1v) is 7.76. The number of nitrogens with two attached hydrogens (primary N) is 1. The fraction of sp³-hybridized carbons (Fsp3) is 0.105. The van der Waals surface area contributed by atoms with Crippen LogP contribution in [-0.2, 0) is 4.79 Å². The summed E-state index contributed by atoms with van der Waals surface area (Å²) in [4.78, 5) is 29.8. The standard InChI is InChI=1S/C19H16FN3O2/c20-14-5-7-15(8-6-14)23(12-10-17(21)24)19(25)18-16-4-2-1-3-13(16)9-11-22-18/h1-9,11H,10,12H2,(H2,21,24). The van der Waals surface area contributed by atoms with Crippen LogP contribution in [0.1, 0.15) is 16.9 Å². The number of aromatic nitrogens is 1. The number of benzene rings is 2. The van der Waals surface area contributed by atoms with E-state index in [0.29, 0.717) is 11.1 Å². The van der Waals surface area contributed by atoms with E-state index in [9.17, 15) is 14.0 Å². The third-order valence-electron chi connectivity index (χ3n) is 3.84. The molecule has 6 heteroatoms. The summed E-state index contributed by atoms with van der Waals surface area (Å²) >= 11 is 0. The Hall–Kier alpha value is -3.28. The van der Waals surface area contributed by atoms with Crippen LogP contribution in [0.2, 0.25) is 0 Å². The lowest BCUT2D eigenvalue weighted by Crippen LogP contribution is -2.34. The van der Waals surface area contributed by atoms with Crippen LogP contribution in [0.15, 0.2) is 60.8 Å². The summed E-state index contributed by atoms with van der Waals surface area (Å²) in [7, 11) is 0. The lowest BCUT2D eigenvalue weighted by Gasteiger charge is -2.22. The Labute approximate surface area is 143 Å². The number of rotatable bonds is 5. The van der Waals surface area contributed by atoms with E-state index < -0.39 is 11.7 Å². The van der Waals surface area contributed by atoms with Crippen molar-refractivity contribution in [2.75, 3.05) is 11.4 Å². The fourth-order valence-electron chi connectivity index (χ4n) is 2.61. The molecule has 0 spiro atoms. The van der Waals surface area contributed by atoms with E-state index in [1.807, 2.05) is 30.3 Å². The molecule has 3 aromatic rings. The highest BCUT2D eigenvalue weighted by Crippen LogP contribution is 2.22. The molecule has 0 aliphatic heterocycles. The smallest absolute Gasteiger partial charge is 0.277 e. The highest BCUT2D eigenvalue weighted by atomic mass is 19.1. The molecule has 0 saturated heterocycles. The maximum Gasteiger partial charge on any atom is 0.277 e. The van der Waals surface area contributed by atoms with Crippen molar-refractivity contribution in [3.8, 4) is 0 Å². The predicted octanol–water partition coefficient (Wildman–Crippen LogP) is 2.90. The van der Waals surface area contributed by atoms with Crippen LogP contribution in [0.4, 0.5) is 10.1 Å². The number of carbonyl (C=O) groups excluding carboxylic acids is 2. The Morgan fingerprint density at radius 1 is 1.04 bits per heavy atom. The van der Waals surface area contributed by atoms with E-state index in [2.05, 4.69) is 4.98 Å². The number of pyridine rings is 1. The zero-order valence-corrected chi connectivity index (χ0v) is 13.4. The van der Waals surface area contributed by atoms with E-state index in [-0.39, 0.29) is 24.6 Å². The van der Waals surface area contributed by atoms with Gasteiger partial charge in [0.15, 0.2) is 0 Å². The highest BCUT2D eigenvalue weighted by molar-refractivity contribution is 6.12. The maximum atomic E-state index is 13.2. The summed E-state index contributed by atoms with van der Waals surface area (Å²) < 4.78 is 13.2. The van der Waals surface area contributed by atoms with Gasteiger partial charge < -0.3 is 10.6 Å². The molecule has 0 radical (unpaired) electrons. The van der Waals surface area contributed by atoms with Gasteiger partial charge in [-0.25, -0.2) is 4.39 Å². The van der Waals surface area contributed by atoms with Gasteiger partial charge in [0.25, 0.3) is 5.91 Å². The lowest BCUT2D eigenvalue weighted by molar-refractivity contribution is -0.117. The Morgan fingerprint density at radius 2 is 1.76 bits per heavy atom. The van der Waals surface area contributed by atoms with Gasteiger partial charge in [-0.05, 0) is 35.7 Å². The molecule has 2 aromatic carbocycles. The van der Waals surface area contributed by atoms with E-state index in [1.54, 1.807) is 6.20 Å². The maximum absolute atomic E-state index is 13.2. The number of hydrogen-bond acceptors (Lipinski definition) is 3. The third-order valence-corrected chi connectivity index (χ3v) is 3.84. The van der Waals surface area contributed by atoms with Gasteiger partial charge in [0.05, 0.1) is 0 Å². The first-order valence-electron chi connectivity index (χ1n) is 7.76. The summed E-state index contributed by atoms with van der Waals surface area (Å²) in [6.45, 7) is 0.0880. The van der Waals surface area contributed by atoms with Crippen LogP contribution >= 0.6 is 0 Å². The van der Waals surface area contributed by atoms with Crippen LogP contribution in [-0.4, -0.2) is 23.3 Å². The molecule has 1 aromatic heterocycles. The summed E-state index contributed by atoms with van der Waals surface area (Å²) in [5.41, 5.74) is 5.96. The van der Waals surface area contributed by atoms with Crippen molar-refractivity contribution in [3.63, 3.8) is 0 Å². The molecule has 0 atom stereocenters. The molecule has 1 heterocycles. The number of nitrogens with zero attached hydrogens (tertiary/aromatic N) is 2. The van der Waals surface area contributed by atoms with Crippen molar-refractivity contribution < 1.29 is 14.0 Å². The van der Waals surface area contributed by atoms with Crippen molar-refractivity contribution in [1.29, 1.82) is 0 Å². The van der Waals surface area contributed by atoms with Gasteiger partial charge >= 0.3 is 0 Å². The fourth-order valence-corrected chi connectivity index (χ4v) is 2.61. The molecule has 3 rings (SSSR count). The summed E-state index contributed by atoms with van der Waals surface area (Å²) in [5.74, 6) is -1.30. The predicted molar refractivity (Wildman–Crippen MR) is 93.6 cm³/mol. The van der Waals surface area contributed by atoms with Gasteiger partial charge in [0.2, 0.25) is 5.91 Å². The van der Waals surface area contributed by atoms with Crippen molar-refractivity contribution in [3.05, 3.63) is 72.3 Å². The van der Waals surface area contributed by atoms with Gasteiger partial charge in [0, 0.05) is 30.2 Å². The number of carbonyl (C=O) groups is 2. The molecule has 5 nitrogen and oxygen atoms in total. The number of fused-ring (bicyclic) bond motifs is 1. The molecule has 0 fully saturated rings. The van der Waals surface area contributed by atoms with E-state index >= 15 is 0 Å². The van der Waals surface area contributed by atoms with Crippen molar-refractivity contribution in [2.24, 2.45) is 5.73 Å². The number of hydrogen-bond donors (Lipinski definition) is 1. The van der Waals surface area contributed by atoms with E-state index in [1.165, 1.54) is 29.2 Å². The molecule has 2 amide bonds. The van der Waals surface area contributed by atoms with Crippen molar-refractivity contribution >= 4 is 28.3 Å². The first kappa shape index (κ1) is 16.6. The second kappa shape index (κ2) is 7.09. The van der Waals surface area contributed by atoms with Crippen molar-refractivity contribution in [1.82, 2.24) is 4.98 Å². The second-order valence-corrected chi connectivity index (χ2v) is 5.53. The number of primary amides is 1. The molecule has 0 unspecified atom stereocenters. The van der Waals surface area contributed by atoms with Gasteiger partial charge in [0.1, 0.15) is 11.5 Å². The zero-order valence-electron chi connectivity index (χ0n) is 13.4. The highest BCUT2D eigenvalue weighted by Gasteiger charge is 2.21. The van der Waals surface area contributed by atoms with Crippen LogP contribution < -0.4 is 10.6 Å². The molecular formula is C19H16FN3O2. The third kappa shape index (κ3) is 3.63. The van der Waals surface area contributed by atoms with Crippen LogP contribution in [0.5, 0.6) is 0 Å². The Kier molecular flexibility index (Phi) is 4.70. The average molecular weight is 337 g/mol. The van der Waals surface area contributed by atoms with Crippen molar-refractivity contribution in [2.45, 2.75) is 6.42 Å². The number of halogens is 1. The Balaban J connectivity index is 2.03. The SMILES string of the molecule is NC(=O)CCN(C(=O)c1nccc2ccccc12)c1ccc(F)cc1. The molecule has 0 bridgehead atoms. The van der Waals surface area contributed by atoms with Crippen LogP contribution in [0.25, 0.3) is 10.8 Å². The lowest BCUT2D eigenvalue weighted by atomic mass is 10.1. The average Bonchev–Trinajstić information content (AvgIpc) is 2.62. The molecule has 0 aliphatic rings. The summed E-state index contributed by atoms with van der Waals surface area (Å²) in [6.07, 6.45) is 1.56. The topological polar surface area (TPSA) is 76.3 Å². The minimum Gasteiger partial charge on any atom is -0.370 e. The number of amides is 2. The Morgan fingerprint density at radius 3 is 2.48 bits per heavy atom. The van der Waals surface area contributed by atoms with Gasteiger partial charge in [-0.1, -0.05) is 24.3 Å². The molecule has 25 heavy (non-hydrogen) atoms. The largest absolute Gasteiger partial charge is 0.370 e. The van der Waals surface area contributed by atoms with E-state index in [0.717, 1.165) is 5.39 Å². The summed E-state index contributed by atoms with van der Waals surface area (Å²) in [5, 5.41) is 1.59. The first-order chi connectivity index (χ1) is 12.1. The molecule has 0 aliphatic carbocycles. The van der Waals surface area contributed by atoms with Gasteiger partial charge in [-0.3, -0.25) is 14.6 Å². The number of anilines is 1. The quantitative estimate of drug-likeness (QED) is 0.778. The monoisotopic (exact) mass is 337 g/mol. The van der Waals surface area contributed by atoms with E-state index in [4.69, 9.17) is 5.73 Å². The van der Waals surface area contributed by atoms with Crippen LogP contribution in [0.3, 0.4) is 0 Å². The summed E-state index contributed by atoms with van der Waals surface area (Å²) in [6, 6.07) is 14.7. The van der Waals surface area contributed by atoms with Gasteiger partial charge in [-0.2, -0.15) is 0 Å². The molecule has 2 N–H and O–H groups in total. The molecule has 0 saturated carbocycles. The Bertz CT molecular complexity index is 920. The normalized spacial score (nSPS) is 10.6. The van der Waals surface area contributed by atoms with Gasteiger partial charge in [-0.15, -0.1) is 0 Å². The zero-order chi connectivity index (χ0) is 17.8.